The third-order valence-electron chi connectivity index (χ3n) is 3.55. The van der Waals surface area contributed by atoms with Gasteiger partial charge in [-0.25, -0.2) is 0 Å². The Kier molecular flexibility index (Phi) is 3.73. The third kappa shape index (κ3) is 2.04. The topological polar surface area (TPSA) is 34.0 Å². The highest BCUT2D eigenvalue weighted by molar-refractivity contribution is 5.88. The van der Waals surface area contributed by atoms with Crippen molar-refractivity contribution >= 4 is 29.1 Å². The molecule has 2 heterocycles. The second-order valence-electron chi connectivity index (χ2n) is 4.65. The van der Waals surface area contributed by atoms with E-state index >= 15 is 0 Å². The van der Waals surface area contributed by atoms with Crippen LogP contribution in [0.4, 0.5) is 0 Å². The molecule has 0 fully saturated rings. The summed E-state index contributed by atoms with van der Waals surface area (Å²) in [5.41, 5.74) is 2.39. The van der Waals surface area contributed by atoms with Crippen LogP contribution in [0, 0.1) is 0 Å². The van der Waals surface area contributed by atoms with Gasteiger partial charge in [0.05, 0.1) is 5.92 Å². The van der Waals surface area contributed by atoms with Gasteiger partial charge in [-0.1, -0.05) is 18.2 Å². The van der Waals surface area contributed by atoms with Gasteiger partial charge in [0.1, 0.15) is 5.78 Å². The van der Waals surface area contributed by atoms with E-state index < -0.39 is 0 Å². The van der Waals surface area contributed by atoms with Gasteiger partial charge >= 0.3 is 0 Å². The molecule has 4 heteroatoms. The summed E-state index contributed by atoms with van der Waals surface area (Å²) in [5.74, 6) is 0.230. The van der Waals surface area contributed by atoms with Crippen LogP contribution in [0.3, 0.4) is 0 Å². The number of hydrogen-bond acceptors (Lipinski definition) is 2. The summed E-state index contributed by atoms with van der Waals surface area (Å²) in [6.07, 6.45) is 0. The number of para-hydroxylation sites is 1. The Morgan fingerprint density at radius 3 is 2.94 bits per heavy atom. The average Bonchev–Trinajstić information content (AvgIpc) is 2.54. The highest BCUT2D eigenvalue weighted by atomic mass is 35.5. The number of aromatic nitrogens is 1. The quantitative estimate of drug-likeness (QED) is 0.858. The molecule has 18 heavy (non-hydrogen) atoms. The number of Topliss-reactive ketones (excluding diaryl/α,β-unsaturated/α-hetero) is 1. The van der Waals surface area contributed by atoms with Crippen molar-refractivity contribution in [1.29, 1.82) is 0 Å². The summed E-state index contributed by atoms with van der Waals surface area (Å²) in [6, 6.07) is 10.5. The molecule has 0 saturated heterocycles. The molecule has 1 atom stereocenters. The van der Waals surface area contributed by atoms with Gasteiger partial charge in [0.25, 0.3) is 0 Å². The first kappa shape index (κ1) is 13.1. The minimum absolute atomic E-state index is 0. The molecule has 3 nitrogen and oxygen atoms in total. The zero-order valence-corrected chi connectivity index (χ0v) is 11.2. The summed E-state index contributed by atoms with van der Waals surface area (Å²) in [6.45, 7) is 4.30. The van der Waals surface area contributed by atoms with E-state index in [1.807, 2.05) is 6.07 Å². The van der Waals surface area contributed by atoms with Gasteiger partial charge in [0.15, 0.2) is 0 Å². The van der Waals surface area contributed by atoms with Crippen molar-refractivity contribution in [2.45, 2.75) is 19.4 Å². The van der Waals surface area contributed by atoms with Crippen LogP contribution in [-0.2, 0) is 11.3 Å². The highest BCUT2D eigenvalue weighted by Gasteiger charge is 2.23. The molecule has 0 bridgehead atoms. The molecule has 1 aromatic heterocycles. The van der Waals surface area contributed by atoms with Crippen molar-refractivity contribution in [1.82, 2.24) is 9.88 Å². The number of carbonyl (C=O) groups excluding carboxylic acids is 1. The van der Waals surface area contributed by atoms with Crippen molar-refractivity contribution in [3.8, 4) is 0 Å². The van der Waals surface area contributed by atoms with E-state index in [1.165, 1.54) is 10.9 Å². The first-order chi connectivity index (χ1) is 8.27. The van der Waals surface area contributed by atoms with Crippen LogP contribution in [0.15, 0.2) is 30.3 Å². The molecule has 1 aliphatic heterocycles. The molecule has 1 aromatic carbocycles. The predicted molar refractivity (Wildman–Crippen MR) is 75.5 cm³/mol. The number of rotatable bonds is 1. The number of nitrogens with one attached hydrogen (secondary N) is 1. The molecule has 0 radical (unpaired) electrons. The van der Waals surface area contributed by atoms with Crippen LogP contribution in [-0.4, -0.2) is 23.4 Å². The highest BCUT2D eigenvalue weighted by Crippen LogP contribution is 2.27. The number of hydrogen-bond donors (Lipinski definition) is 1. The minimum Gasteiger partial charge on any atom is -0.343 e. The van der Waals surface area contributed by atoms with E-state index in [-0.39, 0.29) is 24.1 Å². The van der Waals surface area contributed by atoms with Gasteiger partial charge in [-0.05, 0) is 24.4 Å². The molecule has 0 spiro atoms. The SMILES string of the molecule is CC(=O)C1CNCCn2c1cc1ccccc12.Cl. The molecule has 1 aliphatic rings. The smallest absolute Gasteiger partial charge is 0.140 e. The maximum atomic E-state index is 11.7. The number of ketones is 1. The Morgan fingerprint density at radius 2 is 2.17 bits per heavy atom. The number of nitrogens with zero attached hydrogens (tertiary/aromatic N) is 1. The maximum Gasteiger partial charge on any atom is 0.140 e. The molecular formula is C14H17ClN2O. The fourth-order valence-corrected chi connectivity index (χ4v) is 2.66. The molecular weight excluding hydrogens is 248 g/mol. The van der Waals surface area contributed by atoms with Crippen molar-refractivity contribution < 1.29 is 4.79 Å². The first-order valence-corrected chi connectivity index (χ1v) is 6.06. The zero-order chi connectivity index (χ0) is 11.8. The summed E-state index contributed by atoms with van der Waals surface area (Å²) in [7, 11) is 0. The molecule has 1 N–H and O–H groups in total. The Hall–Kier alpha value is -1.32. The van der Waals surface area contributed by atoms with Crippen molar-refractivity contribution in [2.24, 2.45) is 0 Å². The largest absolute Gasteiger partial charge is 0.343 e. The van der Waals surface area contributed by atoms with Gasteiger partial charge in [-0.2, -0.15) is 0 Å². The molecule has 2 aromatic rings. The first-order valence-electron chi connectivity index (χ1n) is 6.06. The lowest BCUT2D eigenvalue weighted by Gasteiger charge is -2.12. The summed E-state index contributed by atoms with van der Waals surface area (Å²) in [5, 5.41) is 4.57. The lowest BCUT2D eigenvalue weighted by Crippen LogP contribution is -2.24. The van der Waals surface area contributed by atoms with Crippen molar-refractivity contribution in [3.63, 3.8) is 0 Å². The fraction of sp³-hybridized carbons (Fsp3) is 0.357. The molecule has 0 amide bonds. The Labute approximate surface area is 113 Å². The summed E-state index contributed by atoms with van der Waals surface area (Å²) >= 11 is 0. The van der Waals surface area contributed by atoms with Crippen LogP contribution in [0.25, 0.3) is 10.9 Å². The predicted octanol–water partition coefficient (Wildman–Crippen LogP) is 2.34. The Morgan fingerprint density at radius 1 is 1.39 bits per heavy atom. The van der Waals surface area contributed by atoms with Crippen LogP contribution < -0.4 is 5.32 Å². The Balaban J connectivity index is 0.00000120. The minimum atomic E-state index is -0.00935. The number of benzene rings is 1. The second kappa shape index (κ2) is 5.12. The molecule has 3 rings (SSSR count). The van der Waals surface area contributed by atoms with E-state index in [1.54, 1.807) is 6.92 Å². The third-order valence-corrected chi connectivity index (χ3v) is 3.55. The van der Waals surface area contributed by atoms with Crippen LogP contribution in [0.5, 0.6) is 0 Å². The van der Waals surface area contributed by atoms with E-state index in [0.717, 1.165) is 25.3 Å². The average molecular weight is 265 g/mol. The Bertz CT molecular complexity index is 576. The number of halogens is 1. The lowest BCUT2D eigenvalue weighted by molar-refractivity contribution is -0.118. The van der Waals surface area contributed by atoms with E-state index in [4.69, 9.17) is 0 Å². The van der Waals surface area contributed by atoms with E-state index in [9.17, 15) is 4.79 Å². The molecule has 0 aliphatic carbocycles. The van der Waals surface area contributed by atoms with Gasteiger partial charge in [0, 0.05) is 30.8 Å². The van der Waals surface area contributed by atoms with E-state index in [2.05, 4.69) is 34.1 Å². The normalized spacial score (nSPS) is 18.8. The van der Waals surface area contributed by atoms with Crippen LogP contribution in [0.1, 0.15) is 18.5 Å². The van der Waals surface area contributed by atoms with Gasteiger partial charge in [-0.3, -0.25) is 4.79 Å². The lowest BCUT2D eigenvalue weighted by atomic mass is 10.0. The second-order valence-corrected chi connectivity index (χ2v) is 4.65. The van der Waals surface area contributed by atoms with Crippen LogP contribution in [0.2, 0.25) is 0 Å². The van der Waals surface area contributed by atoms with Crippen molar-refractivity contribution in [3.05, 3.63) is 36.0 Å². The van der Waals surface area contributed by atoms with Crippen LogP contribution >= 0.6 is 12.4 Å². The van der Waals surface area contributed by atoms with Gasteiger partial charge in [-0.15, -0.1) is 12.4 Å². The summed E-state index contributed by atoms with van der Waals surface area (Å²) < 4.78 is 2.28. The van der Waals surface area contributed by atoms with Crippen molar-refractivity contribution in [2.75, 3.05) is 13.1 Å². The summed E-state index contributed by atoms with van der Waals surface area (Å²) in [4.78, 5) is 11.7. The molecule has 1 unspecified atom stereocenters. The van der Waals surface area contributed by atoms with E-state index in [0.29, 0.717) is 0 Å². The zero-order valence-electron chi connectivity index (χ0n) is 10.3. The molecule has 96 valence electrons. The molecule has 0 saturated carbocycles. The van der Waals surface area contributed by atoms with Gasteiger partial charge < -0.3 is 9.88 Å². The number of carbonyl (C=O) groups is 1. The maximum absolute atomic E-state index is 11.7. The standard InChI is InChI=1S/C14H16N2O.ClH/c1-10(17)12-9-15-6-7-16-13-5-3-2-4-11(13)8-14(12)16;/h2-5,8,12,15H,6-7,9H2,1H3;1H. The fourth-order valence-electron chi connectivity index (χ4n) is 2.66. The number of fused-ring (bicyclic) bond motifs is 3. The monoisotopic (exact) mass is 264 g/mol. The van der Waals surface area contributed by atoms with Gasteiger partial charge in [0.2, 0.25) is 0 Å².